The van der Waals surface area contributed by atoms with Crippen LogP contribution in [0.3, 0.4) is 0 Å². The van der Waals surface area contributed by atoms with E-state index in [0.717, 1.165) is 40.9 Å². The molecule has 1 saturated heterocycles. The first-order valence-corrected chi connectivity index (χ1v) is 8.29. The van der Waals surface area contributed by atoms with Gasteiger partial charge in [0.1, 0.15) is 17.7 Å². The molecule has 1 atom stereocenters. The summed E-state index contributed by atoms with van der Waals surface area (Å²) in [5.74, 6) is 0.592. The van der Waals surface area contributed by atoms with Crippen LogP contribution in [0, 0.1) is 5.82 Å². The number of hydrogen-bond donors (Lipinski definition) is 1. The number of nitrogens with one attached hydrogen (secondary N) is 1. The van der Waals surface area contributed by atoms with Crippen molar-refractivity contribution in [2.24, 2.45) is 0 Å². The molecule has 1 fully saturated rings. The highest BCUT2D eigenvalue weighted by atomic mass is 19.1. The third-order valence-electron chi connectivity index (χ3n) is 4.51. The Kier molecular flexibility index (Phi) is 4.29. The normalized spacial score (nSPS) is 17.8. The van der Waals surface area contributed by atoms with Crippen LogP contribution < -0.4 is 10.2 Å². The van der Waals surface area contributed by atoms with Gasteiger partial charge in [-0.05, 0) is 24.3 Å². The van der Waals surface area contributed by atoms with Crippen LogP contribution in [0.15, 0.2) is 48.5 Å². The Morgan fingerprint density at radius 3 is 2.60 bits per heavy atom. The van der Waals surface area contributed by atoms with Gasteiger partial charge in [0.2, 0.25) is 0 Å². The van der Waals surface area contributed by atoms with Crippen molar-refractivity contribution in [2.45, 2.75) is 6.23 Å². The smallest absolute Gasteiger partial charge is 0.159 e. The third kappa shape index (κ3) is 3.06. The van der Waals surface area contributed by atoms with E-state index in [9.17, 15) is 4.39 Å². The summed E-state index contributed by atoms with van der Waals surface area (Å²) < 4.78 is 18.7. The molecule has 1 aliphatic heterocycles. The SMILES string of the molecule is COC1CN(c2nnc(-c3ccc(F)cc3)c3ccccc23)CCN1. The van der Waals surface area contributed by atoms with E-state index in [4.69, 9.17) is 4.74 Å². The van der Waals surface area contributed by atoms with E-state index in [-0.39, 0.29) is 12.0 Å². The number of piperazine rings is 1. The number of aromatic nitrogens is 2. The molecule has 1 aliphatic rings. The fraction of sp³-hybridized carbons (Fsp3) is 0.263. The van der Waals surface area contributed by atoms with E-state index < -0.39 is 0 Å². The van der Waals surface area contributed by atoms with Gasteiger partial charge < -0.3 is 9.64 Å². The highest BCUT2D eigenvalue weighted by Crippen LogP contribution is 2.31. The van der Waals surface area contributed by atoms with Crippen molar-refractivity contribution in [3.63, 3.8) is 0 Å². The standard InChI is InChI=1S/C19H19FN4O/c1-25-17-12-24(11-10-21-17)19-16-5-3-2-4-15(16)18(22-23-19)13-6-8-14(20)9-7-13/h2-9,17,21H,10-12H2,1H3. The highest BCUT2D eigenvalue weighted by Gasteiger charge is 2.22. The Morgan fingerprint density at radius 1 is 1.08 bits per heavy atom. The minimum atomic E-state index is -0.260. The van der Waals surface area contributed by atoms with Crippen molar-refractivity contribution in [3.05, 3.63) is 54.3 Å². The monoisotopic (exact) mass is 338 g/mol. The second-order valence-electron chi connectivity index (χ2n) is 6.05. The van der Waals surface area contributed by atoms with Crippen LogP contribution in [-0.2, 0) is 4.74 Å². The number of nitrogens with zero attached hydrogens (tertiary/aromatic N) is 3. The predicted molar refractivity (Wildman–Crippen MR) is 95.9 cm³/mol. The minimum Gasteiger partial charge on any atom is -0.365 e. The van der Waals surface area contributed by atoms with Crippen molar-refractivity contribution >= 4 is 16.6 Å². The lowest BCUT2D eigenvalue weighted by atomic mass is 10.0. The number of ether oxygens (including phenoxy) is 1. The first-order chi connectivity index (χ1) is 12.3. The van der Waals surface area contributed by atoms with E-state index >= 15 is 0 Å². The summed E-state index contributed by atoms with van der Waals surface area (Å²) in [6, 6.07) is 14.4. The van der Waals surface area contributed by atoms with Gasteiger partial charge in [-0.15, -0.1) is 10.2 Å². The summed E-state index contributed by atoms with van der Waals surface area (Å²) in [4.78, 5) is 2.19. The average Bonchev–Trinajstić information content (AvgIpc) is 2.68. The van der Waals surface area contributed by atoms with Gasteiger partial charge in [-0.3, -0.25) is 5.32 Å². The van der Waals surface area contributed by atoms with Crippen LogP contribution >= 0.6 is 0 Å². The topological polar surface area (TPSA) is 50.3 Å². The van der Waals surface area contributed by atoms with Crippen molar-refractivity contribution in [1.29, 1.82) is 0 Å². The van der Waals surface area contributed by atoms with Gasteiger partial charge in [-0.1, -0.05) is 24.3 Å². The maximum atomic E-state index is 13.2. The summed E-state index contributed by atoms with van der Waals surface area (Å²) in [5, 5.41) is 14.3. The largest absolute Gasteiger partial charge is 0.365 e. The van der Waals surface area contributed by atoms with Crippen LogP contribution in [0.5, 0.6) is 0 Å². The van der Waals surface area contributed by atoms with Gasteiger partial charge in [-0.2, -0.15) is 0 Å². The molecule has 1 unspecified atom stereocenters. The van der Waals surface area contributed by atoms with Gasteiger partial charge in [0.15, 0.2) is 5.82 Å². The number of fused-ring (bicyclic) bond motifs is 1. The van der Waals surface area contributed by atoms with Crippen molar-refractivity contribution in [3.8, 4) is 11.3 Å². The lowest BCUT2D eigenvalue weighted by Gasteiger charge is -2.33. The number of halogens is 1. The molecule has 5 nitrogen and oxygen atoms in total. The first kappa shape index (κ1) is 15.9. The summed E-state index contributed by atoms with van der Waals surface area (Å²) in [6.07, 6.45) is -0.0221. The molecule has 1 N–H and O–H groups in total. The van der Waals surface area contributed by atoms with Crippen molar-refractivity contribution in [2.75, 3.05) is 31.6 Å². The summed E-state index contributed by atoms with van der Waals surface area (Å²) >= 11 is 0. The van der Waals surface area contributed by atoms with Crippen molar-refractivity contribution < 1.29 is 9.13 Å². The van der Waals surface area contributed by atoms with E-state index in [1.165, 1.54) is 12.1 Å². The molecule has 128 valence electrons. The molecular formula is C19H19FN4O. The molecule has 3 aromatic rings. The number of benzene rings is 2. The maximum absolute atomic E-state index is 13.2. The molecule has 0 bridgehead atoms. The fourth-order valence-electron chi connectivity index (χ4n) is 3.21. The molecule has 0 spiro atoms. The summed E-state index contributed by atoms with van der Waals surface area (Å²) in [5.41, 5.74) is 1.62. The Balaban J connectivity index is 1.80. The Hall–Kier alpha value is -2.57. The minimum absolute atomic E-state index is 0.0221. The quantitative estimate of drug-likeness (QED) is 0.796. The number of methoxy groups -OCH3 is 1. The molecule has 0 radical (unpaired) electrons. The van der Waals surface area contributed by atoms with E-state index in [0.29, 0.717) is 6.54 Å². The molecule has 0 aliphatic carbocycles. The zero-order valence-electron chi connectivity index (χ0n) is 13.9. The summed E-state index contributed by atoms with van der Waals surface area (Å²) in [6.45, 7) is 2.38. The van der Waals surface area contributed by atoms with Gasteiger partial charge in [-0.25, -0.2) is 4.39 Å². The zero-order valence-corrected chi connectivity index (χ0v) is 13.9. The van der Waals surface area contributed by atoms with Crippen LogP contribution in [0.4, 0.5) is 10.2 Å². The Morgan fingerprint density at radius 2 is 1.84 bits per heavy atom. The second kappa shape index (κ2) is 6.74. The highest BCUT2D eigenvalue weighted by molar-refractivity contribution is 6.00. The van der Waals surface area contributed by atoms with Crippen LogP contribution in [0.1, 0.15) is 0 Å². The lowest BCUT2D eigenvalue weighted by Crippen LogP contribution is -2.51. The van der Waals surface area contributed by atoms with Crippen LogP contribution in [0.2, 0.25) is 0 Å². The number of hydrogen-bond acceptors (Lipinski definition) is 5. The molecule has 1 aromatic heterocycles. The molecular weight excluding hydrogens is 319 g/mol. The van der Waals surface area contributed by atoms with Gasteiger partial charge in [0, 0.05) is 36.5 Å². The van der Waals surface area contributed by atoms with E-state index in [1.54, 1.807) is 19.2 Å². The molecule has 4 rings (SSSR count). The molecule has 25 heavy (non-hydrogen) atoms. The fourth-order valence-corrected chi connectivity index (χ4v) is 3.21. The van der Waals surface area contributed by atoms with E-state index in [2.05, 4.69) is 26.5 Å². The number of anilines is 1. The van der Waals surface area contributed by atoms with Gasteiger partial charge in [0.05, 0.1) is 6.54 Å². The zero-order chi connectivity index (χ0) is 17.2. The first-order valence-electron chi connectivity index (χ1n) is 8.29. The molecule has 0 saturated carbocycles. The maximum Gasteiger partial charge on any atom is 0.159 e. The molecule has 0 amide bonds. The van der Waals surface area contributed by atoms with E-state index in [1.807, 2.05) is 18.2 Å². The average molecular weight is 338 g/mol. The Bertz CT molecular complexity index is 884. The van der Waals surface area contributed by atoms with Crippen LogP contribution in [0.25, 0.3) is 22.0 Å². The third-order valence-corrected chi connectivity index (χ3v) is 4.51. The summed E-state index contributed by atoms with van der Waals surface area (Å²) in [7, 11) is 1.70. The van der Waals surface area contributed by atoms with Crippen molar-refractivity contribution in [1.82, 2.24) is 15.5 Å². The van der Waals surface area contributed by atoms with Gasteiger partial charge in [0.25, 0.3) is 0 Å². The molecule has 6 heteroatoms. The Labute approximate surface area is 145 Å². The predicted octanol–water partition coefficient (Wildman–Crippen LogP) is 2.82. The number of rotatable bonds is 3. The van der Waals surface area contributed by atoms with Crippen LogP contribution in [-0.4, -0.2) is 43.2 Å². The molecule has 2 heterocycles. The second-order valence-corrected chi connectivity index (χ2v) is 6.05. The van der Waals surface area contributed by atoms with Gasteiger partial charge >= 0.3 is 0 Å². The lowest BCUT2D eigenvalue weighted by molar-refractivity contribution is 0.0705. The molecule has 2 aromatic carbocycles.